The van der Waals surface area contributed by atoms with Gasteiger partial charge in [-0.1, -0.05) is 38.6 Å². The van der Waals surface area contributed by atoms with Crippen LogP contribution >= 0.6 is 0 Å². The maximum Gasteiger partial charge on any atom is 0.242 e. The number of methoxy groups -OCH3 is 1. The van der Waals surface area contributed by atoms with E-state index in [2.05, 4.69) is 42.9 Å². The molecule has 1 amide bonds. The standard InChI is InChI=1S/C27H28N4O2/c1-18(30-16-26(32)31-17-27(2,3)14-21(31)15-28)23-11-12-29-25-10-7-20(13-24(23)25)19-5-8-22(33-4)9-6-19/h5-13,21,30H,1,14,16-17H2,2-4H3. The summed E-state index contributed by atoms with van der Waals surface area (Å²) in [4.78, 5) is 19.0. The summed E-state index contributed by atoms with van der Waals surface area (Å²) < 4.78 is 5.26. The Balaban J connectivity index is 1.54. The molecule has 1 fully saturated rings. The third-order valence-electron chi connectivity index (χ3n) is 6.13. The van der Waals surface area contributed by atoms with Crippen LogP contribution in [-0.2, 0) is 4.79 Å². The first-order valence-corrected chi connectivity index (χ1v) is 11.0. The number of carbonyl (C=O) groups is 1. The van der Waals surface area contributed by atoms with E-state index in [9.17, 15) is 10.1 Å². The van der Waals surface area contributed by atoms with E-state index in [0.717, 1.165) is 33.3 Å². The summed E-state index contributed by atoms with van der Waals surface area (Å²) >= 11 is 0. The molecule has 0 saturated carbocycles. The highest BCUT2D eigenvalue weighted by Crippen LogP contribution is 2.34. The third kappa shape index (κ3) is 4.68. The SMILES string of the molecule is C=C(NCC(=O)N1CC(C)(C)CC1C#N)c1ccnc2ccc(-c3ccc(OC)cc3)cc12. The van der Waals surface area contributed by atoms with E-state index in [1.54, 1.807) is 18.2 Å². The minimum Gasteiger partial charge on any atom is -0.497 e. The number of ether oxygens (including phenoxy) is 1. The van der Waals surface area contributed by atoms with Crippen molar-refractivity contribution in [2.75, 3.05) is 20.2 Å². The lowest BCUT2D eigenvalue weighted by molar-refractivity contribution is -0.130. The van der Waals surface area contributed by atoms with Crippen molar-refractivity contribution in [2.45, 2.75) is 26.3 Å². The van der Waals surface area contributed by atoms with Crippen LogP contribution in [0.1, 0.15) is 25.8 Å². The largest absolute Gasteiger partial charge is 0.497 e. The van der Waals surface area contributed by atoms with Crippen molar-refractivity contribution in [2.24, 2.45) is 5.41 Å². The summed E-state index contributed by atoms with van der Waals surface area (Å²) in [5.74, 6) is 0.717. The Bertz CT molecular complexity index is 1240. The molecule has 1 unspecified atom stereocenters. The number of fused-ring (bicyclic) bond motifs is 1. The molecule has 1 N–H and O–H groups in total. The smallest absolute Gasteiger partial charge is 0.242 e. The first kappa shape index (κ1) is 22.3. The summed E-state index contributed by atoms with van der Waals surface area (Å²) in [6.45, 7) is 9.02. The van der Waals surface area contributed by atoms with Crippen molar-refractivity contribution >= 4 is 22.5 Å². The highest BCUT2D eigenvalue weighted by molar-refractivity contribution is 5.94. The summed E-state index contributed by atoms with van der Waals surface area (Å²) in [6.07, 6.45) is 2.44. The number of likely N-dealkylation sites (tertiary alicyclic amines) is 1. The second kappa shape index (κ2) is 8.95. The van der Waals surface area contributed by atoms with Gasteiger partial charge in [0.15, 0.2) is 0 Å². The molecule has 4 rings (SSSR count). The van der Waals surface area contributed by atoms with E-state index in [-0.39, 0.29) is 23.9 Å². The molecular weight excluding hydrogens is 412 g/mol. The maximum atomic E-state index is 12.8. The molecule has 0 aliphatic carbocycles. The second-order valence-electron chi connectivity index (χ2n) is 9.19. The number of hydrogen-bond acceptors (Lipinski definition) is 5. The van der Waals surface area contributed by atoms with Crippen LogP contribution in [0.2, 0.25) is 0 Å². The molecule has 3 aromatic rings. The van der Waals surface area contributed by atoms with Gasteiger partial charge < -0.3 is 15.0 Å². The molecule has 1 atom stereocenters. The van der Waals surface area contributed by atoms with Crippen LogP contribution in [-0.4, -0.2) is 42.0 Å². The number of carbonyl (C=O) groups excluding carboxylic acids is 1. The van der Waals surface area contributed by atoms with Gasteiger partial charge in [0, 0.05) is 29.4 Å². The van der Waals surface area contributed by atoms with E-state index in [4.69, 9.17) is 4.74 Å². The molecule has 168 valence electrons. The van der Waals surface area contributed by atoms with Crippen molar-refractivity contribution in [3.05, 3.63) is 66.9 Å². The van der Waals surface area contributed by atoms with Crippen molar-refractivity contribution in [3.63, 3.8) is 0 Å². The zero-order chi connectivity index (χ0) is 23.6. The van der Waals surface area contributed by atoms with Crippen LogP contribution in [0.25, 0.3) is 27.7 Å². The van der Waals surface area contributed by atoms with Gasteiger partial charge in [-0.15, -0.1) is 0 Å². The van der Waals surface area contributed by atoms with Crippen LogP contribution in [0.3, 0.4) is 0 Å². The lowest BCUT2D eigenvalue weighted by atomic mass is 9.91. The minimum atomic E-state index is -0.378. The molecule has 2 heterocycles. The number of benzene rings is 2. The number of nitrogens with one attached hydrogen (secondary N) is 1. The Hall–Kier alpha value is -3.85. The predicted octanol–water partition coefficient (Wildman–Crippen LogP) is 4.62. The van der Waals surface area contributed by atoms with Gasteiger partial charge >= 0.3 is 0 Å². The lowest BCUT2D eigenvalue weighted by Crippen LogP contribution is -2.40. The molecule has 0 radical (unpaired) electrons. The first-order valence-electron chi connectivity index (χ1n) is 11.0. The molecule has 1 aromatic heterocycles. The average Bonchev–Trinajstić information content (AvgIpc) is 3.16. The normalized spacial score (nSPS) is 16.9. The van der Waals surface area contributed by atoms with Gasteiger partial charge in [-0.3, -0.25) is 9.78 Å². The van der Waals surface area contributed by atoms with Crippen LogP contribution in [0.15, 0.2) is 61.3 Å². The van der Waals surface area contributed by atoms with Gasteiger partial charge in [0.05, 0.1) is 25.2 Å². The molecular formula is C27H28N4O2. The van der Waals surface area contributed by atoms with Crippen LogP contribution in [0, 0.1) is 16.7 Å². The molecule has 6 heteroatoms. The molecule has 33 heavy (non-hydrogen) atoms. The van der Waals surface area contributed by atoms with E-state index >= 15 is 0 Å². The van der Waals surface area contributed by atoms with Gasteiger partial charge in [-0.2, -0.15) is 5.26 Å². The van der Waals surface area contributed by atoms with E-state index < -0.39 is 0 Å². The average molecular weight is 441 g/mol. The molecule has 1 aliphatic heterocycles. The predicted molar refractivity (Wildman–Crippen MR) is 130 cm³/mol. The number of amides is 1. The van der Waals surface area contributed by atoms with Crippen molar-refractivity contribution in [1.29, 1.82) is 5.26 Å². The lowest BCUT2D eigenvalue weighted by Gasteiger charge is -2.22. The topological polar surface area (TPSA) is 78.3 Å². The van der Waals surface area contributed by atoms with Crippen LogP contribution in [0.4, 0.5) is 0 Å². The highest BCUT2D eigenvalue weighted by atomic mass is 16.5. The van der Waals surface area contributed by atoms with Crippen molar-refractivity contribution in [3.8, 4) is 22.9 Å². The fourth-order valence-corrected chi connectivity index (χ4v) is 4.40. The van der Waals surface area contributed by atoms with Gasteiger partial charge in [0.2, 0.25) is 5.91 Å². The van der Waals surface area contributed by atoms with Gasteiger partial charge in [0.25, 0.3) is 0 Å². The molecule has 0 bridgehead atoms. The summed E-state index contributed by atoms with van der Waals surface area (Å²) in [7, 11) is 1.65. The first-order chi connectivity index (χ1) is 15.8. The van der Waals surface area contributed by atoms with Crippen LogP contribution in [0.5, 0.6) is 5.75 Å². The fraction of sp³-hybridized carbons (Fsp3) is 0.296. The van der Waals surface area contributed by atoms with Crippen LogP contribution < -0.4 is 10.1 Å². The van der Waals surface area contributed by atoms with E-state index in [1.807, 2.05) is 42.5 Å². The van der Waals surface area contributed by atoms with Gasteiger partial charge in [0.1, 0.15) is 11.8 Å². The second-order valence-corrected chi connectivity index (χ2v) is 9.19. The number of pyridine rings is 1. The van der Waals surface area contributed by atoms with E-state index in [1.165, 1.54) is 0 Å². The fourth-order valence-electron chi connectivity index (χ4n) is 4.40. The molecule has 1 aliphatic rings. The minimum absolute atomic E-state index is 0.0494. The van der Waals surface area contributed by atoms with Crippen molar-refractivity contribution in [1.82, 2.24) is 15.2 Å². The maximum absolute atomic E-state index is 12.8. The number of nitriles is 1. The molecule has 2 aromatic carbocycles. The Morgan fingerprint density at radius 2 is 1.97 bits per heavy atom. The Morgan fingerprint density at radius 3 is 2.67 bits per heavy atom. The number of nitrogens with zero attached hydrogens (tertiary/aromatic N) is 3. The monoisotopic (exact) mass is 440 g/mol. The summed E-state index contributed by atoms with van der Waals surface area (Å²) in [6, 6.07) is 17.8. The Morgan fingerprint density at radius 1 is 1.24 bits per heavy atom. The Labute approximate surface area is 194 Å². The zero-order valence-corrected chi connectivity index (χ0v) is 19.3. The molecule has 6 nitrogen and oxygen atoms in total. The zero-order valence-electron chi connectivity index (χ0n) is 19.3. The van der Waals surface area contributed by atoms with Gasteiger partial charge in [-0.05, 0) is 53.3 Å². The Kier molecular flexibility index (Phi) is 6.06. The number of aromatic nitrogens is 1. The molecule has 0 spiro atoms. The summed E-state index contributed by atoms with van der Waals surface area (Å²) in [5, 5.41) is 13.6. The molecule has 1 saturated heterocycles. The van der Waals surface area contributed by atoms with Crippen molar-refractivity contribution < 1.29 is 9.53 Å². The van der Waals surface area contributed by atoms with Gasteiger partial charge in [-0.25, -0.2) is 0 Å². The quantitative estimate of drug-likeness (QED) is 0.605. The van der Waals surface area contributed by atoms with E-state index in [0.29, 0.717) is 18.7 Å². The number of rotatable bonds is 6. The summed E-state index contributed by atoms with van der Waals surface area (Å²) in [5.41, 5.74) is 4.47. The number of hydrogen-bond donors (Lipinski definition) is 1. The third-order valence-corrected chi connectivity index (χ3v) is 6.13. The highest BCUT2D eigenvalue weighted by Gasteiger charge is 2.39.